The lowest BCUT2D eigenvalue weighted by atomic mass is 9.76. The summed E-state index contributed by atoms with van der Waals surface area (Å²) in [5.74, 6) is 0.219. The van der Waals surface area contributed by atoms with Crippen molar-refractivity contribution < 1.29 is 9.53 Å². The van der Waals surface area contributed by atoms with Crippen LogP contribution < -0.4 is 0 Å². The summed E-state index contributed by atoms with van der Waals surface area (Å²) in [5, 5.41) is 0. The summed E-state index contributed by atoms with van der Waals surface area (Å²) in [6, 6.07) is 18.5. The summed E-state index contributed by atoms with van der Waals surface area (Å²) in [6.07, 6.45) is 3.84. The van der Waals surface area contributed by atoms with Crippen molar-refractivity contribution in [1.29, 1.82) is 0 Å². The maximum absolute atomic E-state index is 13.3. The van der Waals surface area contributed by atoms with Gasteiger partial charge in [-0.2, -0.15) is 0 Å². The van der Waals surface area contributed by atoms with Crippen LogP contribution in [0.1, 0.15) is 46.7 Å². The third kappa shape index (κ3) is 2.62. The second-order valence-electron chi connectivity index (χ2n) is 7.87. The molecule has 3 heterocycles. The van der Waals surface area contributed by atoms with Crippen molar-refractivity contribution in [3.8, 4) is 0 Å². The normalized spacial score (nSPS) is 28.1. The molecule has 2 saturated heterocycles. The minimum Gasteiger partial charge on any atom is -0.349 e. The molecule has 0 aromatic heterocycles. The maximum Gasteiger partial charge on any atom is 0.256 e. The first-order valence-electron chi connectivity index (χ1n) is 10.1. The minimum absolute atomic E-state index is 0.0989. The molecule has 27 heavy (non-hydrogen) atoms. The van der Waals surface area contributed by atoms with E-state index < -0.39 is 5.72 Å². The van der Waals surface area contributed by atoms with Gasteiger partial charge in [0.1, 0.15) is 0 Å². The third-order valence-corrected chi connectivity index (χ3v) is 6.40. The van der Waals surface area contributed by atoms with E-state index in [-0.39, 0.29) is 11.8 Å². The Morgan fingerprint density at radius 1 is 0.926 bits per heavy atom. The number of hydrogen-bond donors (Lipinski definition) is 0. The molecule has 1 amide bonds. The molecule has 0 unspecified atom stereocenters. The number of benzene rings is 2. The summed E-state index contributed by atoms with van der Waals surface area (Å²) in [7, 11) is 0. The predicted molar refractivity (Wildman–Crippen MR) is 105 cm³/mol. The van der Waals surface area contributed by atoms with E-state index in [0.29, 0.717) is 13.2 Å². The SMILES string of the molecule is O=C1c2ccccc2[C@@H](CN2CCCCC2)[C@@]2(c3ccccc3)OCCN12. The fourth-order valence-corrected chi connectivity index (χ4v) is 5.17. The lowest BCUT2D eigenvalue weighted by Gasteiger charge is -2.49. The molecule has 0 radical (unpaired) electrons. The Balaban J connectivity index is 1.66. The summed E-state index contributed by atoms with van der Waals surface area (Å²) in [5.41, 5.74) is 2.38. The van der Waals surface area contributed by atoms with Crippen LogP contribution in [0, 0.1) is 0 Å². The molecule has 0 N–H and O–H groups in total. The van der Waals surface area contributed by atoms with Crippen molar-refractivity contribution in [2.45, 2.75) is 30.9 Å². The number of ether oxygens (including phenoxy) is 1. The van der Waals surface area contributed by atoms with Gasteiger partial charge in [0.2, 0.25) is 0 Å². The van der Waals surface area contributed by atoms with Gasteiger partial charge in [0, 0.05) is 24.2 Å². The smallest absolute Gasteiger partial charge is 0.256 e. The van der Waals surface area contributed by atoms with Gasteiger partial charge in [0.15, 0.2) is 5.72 Å². The van der Waals surface area contributed by atoms with Crippen molar-refractivity contribution in [2.24, 2.45) is 0 Å². The van der Waals surface area contributed by atoms with E-state index in [1.54, 1.807) is 0 Å². The fraction of sp³-hybridized carbons (Fsp3) is 0.435. The lowest BCUT2D eigenvalue weighted by Crippen LogP contribution is -2.56. The van der Waals surface area contributed by atoms with Crippen LogP contribution in [0.5, 0.6) is 0 Å². The molecule has 4 heteroatoms. The quantitative estimate of drug-likeness (QED) is 0.836. The van der Waals surface area contributed by atoms with Gasteiger partial charge in [-0.15, -0.1) is 0 Å². The molecule has 2 fully saturated rings. The standard InChI is InChI=1S/C23H26N2O2/c26-22-20-12-6-5-11-19(20)21(17-24-13-7-2-8-14-24)23(25(22)15-16-27-23)18-9-3-1-4-10-18/h1,3-6,9-12,21H,2,7-8,13-17H2/t21-,23-/m1/s1. The lowest BCUT2D eigenvalue weighted by molar-refractivity contribution is -0.106. The number of piperidine rings is 1. The highest BCUT2D eigenvalue weighted by atomic mass is 16.5. The van der Waals surface area contributed by atoms with E-state index in [1.165, 1.54) is 19.3 Å². The van der Waals surface area contributed by atoms with E-state index in [1.807, 2.05) is 35.2 Å². The Labute approximate surface area is 160 Å². The van der Waals surface area contributed by atoms with Gasteiger partial charge in [-0.3, -0.25) is 4.79 Å². The zero-order chi connectivity index (χ0) is 18.3. The second-order valence-corrected chi connectivity index (χ2v) is 7.87. The fourth-order valence-electron chi connectivity index (χ4n) is 5.17. The van der Waals surface area contributed by atoms with Gasteiger partial charge in [-0.1, -0.05) is 55.0 Å². The Hall–Kier alpha value is -2.17. The predicted octanol–water partition coefficient (Wildman–Crippen LogP) is 3.60. The van der Waals surface area contributed by atoms with Crippen LogP contribution in [0.4, 0.5) is 0 Å². The van der Waals surface area contributed by atoms with E-state index in [4.69, 9.17) is 4.74 Å². The Morgan fingerprint density at radius 3 is 2.48 bits per heavy atom. The molecular formula is C23H26N2O2. The van der Waals surface area contributed by atoms with E-state index >= 15 is 0 Å². The highest BCUT2D eigenvalue weighted by molar-refractivity contribution is 5.98. The highest BCUT2D eigenvalue weighted by Gasteiger charge is 2.56. The van der Waals surface area contributed by atoms with Crippen LogP contribution in [-0.4, -0.2) is 48.5 Å². The van der Waals surface area contributed by atoms with Gasteiger partial charge in [-0.25, -0.2) is 0 Å². The number of carbonyl (C=O) groups excluding carboxylic acids is 1. The highest BCUT2D eigenvalue weighted by Crippen LogP contribution is 2.51. The van der Waals surface area contributed by atoms with Gasteiger partial charge >= 0.3 is 0 Å². The molecule has 140 valence electrons. The molecule has 3 aliphatic rings. The molecular weight excluding hydrogens is 336 g/mol. The minimum atomic E-state index is -0.690. The monoisotopic (exact) mass is 362 g/mol. The van der Waals surface area contributed by atoms with Crippen molar-refractivity contribution in [3.05, 3.63) is 71.3 Å². The van der Waals surface area contributed by atoms with Gasteiger partial charge in [0.25, 0.3) is 5.91 Å². The Kier molecular flexibility index (Phi) is 4.25. The molecule has 0 bridgehead atoms. The summed E-state index contributed by atoms with van der Waals surface area (Å²) < 4.78 is 6.49. The molecule has 2 aromatic carbocycles. The first-order chi connectivity index (χ1) is 13.3. The molecule has 0 aliphatic carbocycles. The molecule has 4 nitrogen and oxygen atoms in total. The zero-order valence-corrected chi connectivity index (χ0v) is 15.6. The van der Waals surface area contributed by atoms with Crippen molar-refractivity contribution in [2.75, 3.05) is 32.8 Å². The van der Waals surface area contributed by atoms with Crippen LogP contribution in [0.15, 0.2) is 54.6 Å². The Morgan fingerprint density at radius 2 is 1.67 bits per heavy atom. The number of fused-ring (bicyclic) bond motifs is 2. The third-order valence-electron chi connectivity index (χ3n) is 6.40. The zero-order valence-electron chi connectivity index (χ0n) is 15.6. The van der Waals surface area contributed by atoms with E-state index in [9.17, 15) is 4.79 Å². The largest absolute Gasteiger partial charge is 0.349 e. The van der Waals surface area contributed by atoms with Crippen LogP contribution in [0.2, 0.25) is 0 Å². The van der Waals surface area contributed by atoms with Crippen molar-refractivity contribution in [3.63, 3.8) is 0 Å². The van der Waals surface area contributed by atoms with Crippen LogP contribution >= 0.6 is 0 Å². The number of rotatable bonds is 3. The topological polar surface area (TPSA) is 32.8 Å². The van der Waals surface area contributed by atoms with Gasteiger partial charge < -0.3 is 14.5 Å². The van der Waals surface area contributed by atoms with Crippen molar-refractivity contribution in [1.82, 2.24) is 9.80 Å². The van der Waals surface area contributed by atoms with Crippen LogP contribution in [-0.2, 0) is 10.5 Å². The maximum atomic E-state index is 13.3. The number of hydrogen-bond acceptors (Lipinski definition) is 3. The first-order valence-corrected chi connectivity index (χ1v) is 10.1. The first kappa shape index (κ1) is 17.0. The van der Waals surface area contributed by atoms with Gasteiger partial charge in [-0.05, 0) is 37.6 Å². The van der Waals surface area contributed by atoms with Crippen molar-refractivity contribution >= 4 is 5.91 Å². The van der Waals surface area contributed by atoms with Crippen LogP contribution in [0.25, 0.3) is 0 Å². The number of nitrogens with zero attached hydrogens (tertiary/aromatic N) is 2. The Bertz CT molecular complexity index is 831. The molecule has 0 saturated carbocycles. The molecule has 2 atom stereocenters. The average molecular weight is 362 g/mol. The molecule has 3 aliphatic heterocycles. The molecule has 0 spiro atoms. The number of likely N-dealkylation sites (tertiary alicyclic amines) is 1. The van der Waals surface area contributed by atoms with Gasteiger partial charge in [0.05, 0.1) is 12.5 Å². The second kappa shape index (κ2) is 6.77. The molecule has 2 aromatic rings. The average Bonchev–Trinajstić information content (AvgIpc) is 3.19. The van der Waals surface area contributed by atoms with Crippen LogP contribution in [0.3, 0.4) is 0 Å². The number of carbonyl (C=O) groups is 1. The number of amides is 1. The van der Waals surface area contributed by atoms with E-state index in [0.717, 1.165) is 36.3 Å². The summed E-state index contributed by atoms with van der Waals surface area (Å²) in [6.45, 7) is 4.44. The molecule has 5 rings (SSSR count). The summed E-state index contributed by atoms with van der Waals surface area (Å²) in [4.78, 5) is 17.9. The van der Waals surface area contributed by atoms with E-state index in [2.05, 4.69) is 29.2 Å². The summed E-state index contributed by atoms with van der Waals surface area (Å²) >= 11 is 0.